The van der Waals surface area contributed by atoms with Gasteiger partial charge in [-0.1, -0.05) is 51.0 Å². The molecule has 1 fully saturated rings. The molecule has 1 aromatic rings. The van der Waals surface area contributed by atoms with E-state index in [2.05, 4.69) is 12.1 Å². The molecular formula is C16H25NO2S. The third kappa shape index (κ3) is 3.41. The van der Waals surface area contributed by atoms with Gasteiger partial charge in [-0.25, -0.2) is 8.42 Å². The summed E-state index contributed by atoms with van der Waals surface area (Å²) in [6.07, 6.45) is 5.75. The smallest absolute Gasteiger partial charge is 0.148 e. The number of hydrogen-bond acceptors (Lipinski definition) is 3. The summed E-state index contributed by atoms with van der Waals surface area (Å²) >= 11 is 0. The third-order valence-electron chi connectivity index (χ3n) is 4.36. The molecule has 0 aliphatic heterocycles. The Balaban J connectivity index is 2.24. The molecule has 4 heteroatoms. The summed E-state index contributed by atoms with van der Waals surface area (Å²) in [5, 5.41) is 0. The molecule has 20 heavy (non-hydrogen) atoms. The normalized spacial score (nSPS) is 19.2. The Morgan fingerprint density at radius 1 is 1.15 bits per heavy atom. The highest BCUT2D eigenvalue weighted by molar-refractivity contribution is 7.90. The number of benzene rings is 1. The van der Waals surface area contributed by atoms with Gasteiger partial charge in [0.25, 0.3) is 0 Å². The average molecular weight is 295 g/mol. The van der Waals surface area contributed by atoms with E-state index in [1.165, 1.54) is 24.7 Å². The first-order chi connectivity index (χ1) is 9.12. The molecule has 1 aliphatic rings. The second-order valence-corrected chi connectivity index (χ2v) is 9.03. The molecule has 0 radical (unpaired) electrons. The Hall–Kier alpha value is -0.870. The summed E-state index contributed by atoms with van der Waals surface area (Å²) in [6, 6.07) is 8.22. The van der Waals surface area contributed by atoms with Gasteiger partial charge in [0.2, 0.25) is 0 Å². The van der Waals surface area contributed by atoms with Gasteiger partial charge in [0.05, 0.1) is 5.75 Å². The molecule has 0 unspecified atom stereocenters. The molecule has 0 atom stereocenters. The van der Waals surface area contributed by atoms with Crippen molar-refractivity contribution in [3.63, 3.8) is 0 Å². The third-order valence-corrected chi connectivity index (χ3v) is 5.61. The summed E-state index contributed by atoms with van der Waals surface area (Å²) in [7, 11) is -2.99. The Bertz CT molecular complexity index is 567. The summed E-state index contributed by atoms with van der Waals surface area (Å²) in [5.41, 5.74) is 8.12. The van der Waals surface area contributed by atoms with Crippen LogP contribution in [0.5, 0.6) is 0 Å². The summed E-state index contributed by atoms with van der Waals surface area (Å²) in [5.74, 6) is 0.160. The lowest BCUT2D eigenvalue weighted by Crippen LogP contribution is -2.33. The monoisotopic (exact) mass is 295 g/mol. The van der Waals surface area contributed by atoms with Gasteiger partial charge in [0, 0.05) is 17.2 Å². The Kier molecular flexibility index (Phi) is 4.00. The fourth-order valence-corrected chi connectivity index (χ4v) is 4.76. The topological polar surface area (TPSA) is 60.2 Å². The van der Waals surface area contributed by atoms with Crippen LogP contribution < -0.4 is 5.73 Å². The molecule has 1 aromatic carbocycles. The molecule has 0 aromatic heterocycles. The van der Waals surface area contributed by atoms with Crippen LogP contribution in [0.15, 0.2) is 24.3 Å². The van der Waals surface area contributed by atoms with Crippen molar-refractivity contribution >= 4 is 9.84 Å². The number of hydrogen-bond donors (Lipinski definition) is 1. The van der Waals surface area contributed by atoms with Gasteiger partial charge in [0.1, 0.15) is 9.84 Å². The highest BCUT2D eigenvalue weighted by Gasteiger charge is 2.32. The predicted octanol–water partition coefficient (Wildman–Crippen LogP) is 2.74. The van der Waals surface area contributed by atoms with Crippen molar-refractivity contribution in [2.24, 2.45) is 5.73 Å². The van der Waals surface area contributed by atoms with Crippen molar-refractivity contribution < 1.29 is 8.42 Å². The van der Waals surface area contributed by atoms with E-state index < -0.39 is 9.84 Å². The van der Waals surface area contributed by atoms with Gasteiger partial charge in [0.15, 0.2) is 0 Å². The van der Waals surface area contributed by atoms with Crippen LogP contribution in [0.25, 0.3) is 0 Å². The Morgan fingerprint density at radius 3 is 2.10 bits per heavy atom. The molecule has 2 N–H and O–H groups in total. The van der Waals surface area contributed by atoms with E-state index >= 15 is 0 Å². The van der Waals surface area contributed by atoms with Crippen LogP contribution in [-0.2, 0) is 20.8 Å². The second kappa shape index (κ2) is 5.15. The highest BCUT2D eigenvalue weighted by Crippen LogP contribution is 2.37. The van der Waals surface area contributed by atoms with Crippen LogP contribution in [0.3, 0.4) is 0 Å². The van der Waals surface area contributed by atoms with Crippen molar-refractivity contribution in [1.82, 2.24) is 0 Å². The maximum Gasteiger partial charge on any atom is 0.148 e. The summed E-state index contributed by atoms with van der Waals surface area (Å²) in [4.78, 5) is 0. The quantitative estimate of drug-likeness (QED) is 0.929. The molecule has 112 valence electrons. The number of sulfone groups is 1. The van der Waals surface area contributed by atoms with Crippen LogP contribution >= 0.6 is 0 Å². The van der Waals surface area contributed by atoms with Gasteiger partial charge in [-0.3, -0.25) is 0 Å². The zero-order valence-corrected chi connectivity index (χ0v) is 13.5. The van der Waals surface area contributed by atoms with Crippen molar-refractivity contribution in [2.45, 2.75) is 50.5 Å². The molecular weight excluding hydrogens is 270 g/mol. The van der Waals surface area contributed by atoms with E-state index in [4.69, 9.17) is 5.73 Å². The van der Waals surface area contributed by atoms with Crippen LogP contribution in [-0.4, -0.2) is 20.4 Å². The van der Waals surface area contributed by atoms with Gasteiger partial charge in [-0.15, -0.1) is 0 Å². The van der Waals surface area contributed by atoms with E-state index in [1.807, 2.05) is 26.0 Å². The first-order valence-electron chi connectivity index (χ1n) is 7.20. The minimum atomic E-state index is -2.99. The van der Waals surface area contributed by atoms with Crippen molar-refractivity contribution in [3.8, 4) is 0 Å². The van der Waals surface area contributed by atoms with E-state index in [9.17, 15) is 8.42 Å². The fraction of sp³-hybridized carbons (Fsp3) is 0.625. The van der Waals surface area contributed by atoms with E-state index in [-0.39, 0.29) is 16.7 Å². The van der Waals surface area contributed by atoms with Crippen molar-refractivity contribution in [3.05, 3.63) is 35.4 Å². The average Bonchev–Trinajstić information content (AvgIpc) is 2.75. The zero-order chi connectivity index (χ0) is 15.0. The first kappa shape index (κ1) is 15.5. The minimum absolute atomic E-state index is 0.160. The maximum absolute atomic E-state index is 11.5. The van der Waals surface area contributed by atoms with Gasteiger partial charge in [-0.05, 0) is 24.0 Å². The predicted molar refractivity (Wildman–Crippen MR) is 83.5 cm³/mol. The molecule has 1 aliphatic carbocycles. The Morgan fingerprint density at radius 2 is 1.65 bits per heavy atom. The number of rotatable bonds is 4. The summed E-state index contributed by atoms with van der Waals surface area (Å²) < 4.78 is 23.1. The fourth-order valence-electron chi connectivity index (χ4n) is 3.29. The maximum atomic E-state index is 11.5. The van der Waals surface area contributed by atoms with Crippen LogP contribution in [0, 0.1) is 0 Å². The second-order valence-electron chi connectivity index (χ2n) is 6.89. The minimum Gasteiger partial charge on any atom is -0.321 e. The molecule has 3 nitrogen and oxygen atoms in total. The highest BCUT2D eigenvalue weighted by atomic mass is 32.2. The molecule has 0 bridgehead atoms. The van der Waals surface area contributed by atoms with Gasteiger partial charge >= 0.3 is 0 Å². The van der Waals surface area contributed by atoms with Crippen LogP contribution in [0.1, 0.15) is 50.7 Å². The lowest BCUT2D eigenvalue weighted by atomic mass is 9.83. The molecule has 1 saturated carbocycles. The van der Waals surface area contributed by atoms with Gasteiger partial charge < -0.3 is 5.73 Å². The van der Waals surface area contributed by atoms with Crippen LogP contribution in [0.4, 0.5) is 0 Å². The van der Waals surface area contributed by atoms with Crippen LogP contribution in [0.2, 0.25) is 0 Å². The molecule has 0 amide bonds. The molecule has 0 heterocycles. The van der Waals surface area contributed by atoms with E-state index in [1.54, 1.807) is 0 Å². The largest absolute Gasteiger partial charge is 0.321 e. The first-order valence-corrected chi connectivity index (χ1v) is 9.26. The SMILES string of the molecule is CC(C)(CS(C)(=O)=O)c1ccc(C2(N)CCCC2)cc1. The van der Waals surface area contributed by atoms with Gasteiger partial charge in [-0.2, -0.15) is 0 Å². The molecule has 0 saturated heterocycles. The van der Waals surface area contributed by atoms with E-state index in [0.717, 1.165) is 18.4 Å². The number of nitrogens with two attached hydrogens (primary N) is 1. The summed E-state index contributed by atoms with van der Waals surface area (Å²) in [6.45, 7) is 3.94. The molecule has 2 rings (SSSR count). The zero-order valence-electron chi connectivity index (χ0n) is 12.6. The molecule has 0 spiro atoms. The standard InChI is InChI=1S/C16H25NO2S/c1-15(2,12-20(3,18)19)13-6-8-14(9-7-13)16(17)10-4-5-11-16/h6-9H,4-5,10-12,17H2,1-3H3. The van der Waals surface area contributed by atoms with Crippen molar-refractivity contribution in [1.29, 1.82) is 0 Å². The lowest BCUT2D eigenvalue weighted by molar-refractivity contribution is 0.461. The van der Waals surface area contributed by atoms with Crippen molar-refractivity contribution in [2.75, 3.05) is 12.0 Å². The van der Waals surface area contributed by atoms with E-state index in [0.29, 0.717) is 0 Å². The Labute approximate surface area is 122 Å². The lowest BCUT2D eigenvalue weighted by Gasteiger charge is -2.27.